The van der Waals surface area contributed by atoms with E-state index in [-0.39, 0.29) is 32.7 Å². The van der Waals surface area contributed by atoms with Crippen molar-refractivity contribution >= 4 is 37.6 Å². The smallest absolute Gasteiger partial charge is 0.339 e. The highest BCUT2D eigenvalue weighted by Gasteiger charge is 2.23. The van der Waals surface area contributed by atoms with Crippen LogP contribution in [0.15, 0.2) is 168 Å². The van der Waals surface area contributed by atoms with Gasteiger partial charge >= 0.3 is 26.3 Å². The lowest BCUT2D eigenvalue weighted by atomic mass is 10.1. The zero-order chi connectivity index (χ0) is 33.6. The lowest BCUT2D eigenvalue weighted by Gasteiger charge is -2.13. The minimum Gasteiger partial charge on any atom is -0.379 e. The van der Waals surface area contributed by atoms with E-state index in [1.165, 1.54) is 48.5 Å². The third kappa shape index (κ3) is 7.55. The molecular formula is C37H28N2O7S2. The van der Waals surface area contributed by atoms with E-state index in [0.717, 1.165) is 11.1 Å². The molecule has 0 unspecified atom stereocenters. The van der Waals surface area contributed by atoms with E-state index in [2.05, 4.69) is 10.6 Å². The Morgan fingerprint density at radius 2 is 0.812 bits per heavy atom. The van der Waals surface area contributed by atoms with Gasteiger partial charge < -0.3 is 19.0 Å². The second-order valence-electron chi connectivity index (χ2n) is 10.4. The van der Waals surface area contributed by atoms with Gasteiger partial charge in [-0.3, -0.25) is 0 Å². The van der Waals surface area contributed by atoms with Crippen LogP contribution >= 0.6 is 0 Å². The second kappa shape index (κ2) is 13.8. The zero-order valence-electron chi connectivity index (χ0n) is 25.2. The monoisotopic (exact) mass is 676 g/mol. The molecule has 48 heavy (non-hydrogen) atoms. The molecule has 6 aromatic carbocycles. The van der Waals surface area contributed by atoms with Crippen molar-refractivity contribution in [3.05, 3.63) is 158 Å². The van der Waals surface area contributed by atoms with E-state index in [0.29, 0.717) is 11.1 Å². The summed E-state index contributed by atoms with van der Waals surface area (Å²) >= 11 is 0. The van der Waals surface area contributed by atoms with Crippen LogP contribution in [0.4, 0.5) is 16.2 Å². The number of amides is 2. The molecule has 0 bridgehead atoms. The summed E-state index contributed by atoms with van der Waals surface area (Å²) in [5.41, 5.74) is 2.93. The summed E-state index contributed by atoms with van der Waals surface area (Å²) in [5, 5.41) is 5.26. The summed E-state index contributed by atoms with van der Waals surface area (Å²) in [4.78, 5) is 12.9. The van der Waals surface area contributed by atoms with Crippen LogP contribution < -0.4 is 19.0 Å². The number of anilines is 2. The number of nitrogens with one attached hydrogen (secondary N) is 2. The van der Waals surface area contributed by atoms with Gasteiger partial charge in [-0.15, -0.1) is 0 Å². The fourth-order valence-corrected chi connectivity index (χ4v) is 7.26. The van der Waals surface area contributed by atoms with E-state index >= 15 is 0 Å². The topological polar surface area (TPSA) is 128 Å². The van der Waals surface area contributed by atoms with Gasteiger partial charge in [0.25, 0.3) is 0 Å². The molecule has 11 heteroatoms. The lowest BCUT2D eigenvalue weighted by molar-refractivity contribution is 0.262. The maximum absolute atomic E-state index is 13.3. The molecule has 0 saturated heterocycles. The molecule has 9 nitrogen and oxygen atoms in total. The third-order valence-electron chi connectivity index (χ3n) is 7.08. The lowest BCUT2D eigenvalue weighted by Crippen LogP contribution is -2.19. The second-order valence-corrected chi connectivity index (χ2v) is 13.5. The Bertz CT molecular complexity index is 2130. The van der Waals surface area contributed by atoms with E-state index in [1.807, 2.05) is 60.7 Å². The summed E-state index contributed by atoms with van der Waals surface area (Å²) in [6, 6.07) is 42.5. The fraction of sp³-hybridized carbons (Fsp3) is 0. The van der Waals surface area contributed by atoms with E-state index in [9.17, 15) is 21.6 Å². The normalized spacial score (nSPS) is 11.3. The first kappa shape index (κ1) is 32.0. The predicted molar refractivity (Wildman–Crippen MR) is 185 cm³/mol. The van der Waals surface area contributed by atoms with Gasteiger partial charge in [0.05, 0.1) is 0 Å². The van der Waals surface area contributed by atoms with Crippen LogP contribution in [0.3, 0.4) is 0 Å². The molecule has 240 valence electrons. The molecule has 0 atom stereocenters. The fourth-order valence-electron chi connectivity index (χ4n) is 4.97. The molecule has 0 heterocycles. The molecule has 0 spiro atoms. The highest BCUT2D eigenvalue weighted by atomic mass is 32.2. The van der Waals surface area contributed by atoms with E-state index in [1.54, 1.807) is 48.5 Å². The molecule has 2 amide bonds. The number of hydrogen-bond donors (Lipinski definition) is 2. The predicted octanol–water partition coefficient (Wildman–Crippen LogP) is 8.20. The third-order valence-corrected chi connectivity index (χ3v) is 9.69. The molecule has 6 aromatic rings. The molecule has 0 aliphatic heterocycles. The Balaban J connectivity index is 1.14. The summed E-state index contributed by atoms with van der Waals surface area (Å²) in [6.07, 6.45) is 0. The molecular weight excluding hydrogens is 649 g/mol. The van der Waals surface area contributed by atoms with E-state index < -0.39 is 26.3 Å². The molecule has 0 aliphatic carbocycles. The van der Waals surface area contributed by atoms with Gasteiger partial charge in [-0.1, -0.05) is 109 Å². The van der Waals surface area contributed by atoms with Crippen molar-refractivity contribution in [2.75, 3.05) is 10.6 Å². The number of benzene rings is 6. The molecule has 0 aliphatic rings. The molecule has 0 aromatic heterocycles. The zero-order valence-corrected chi connectivity index (χ0v) is 26.8. The molecule has 6 rings (SSSR count). The minimum atomic E-state index is -4.24. The van der Waals surface area contributed by atoms with Crippen LogP contribution in [0, 0.1) is 0 Å². The molecule has 0 saturated carbocycles. The van der Waals surface area contributed by atoms with Gasteiger partial charge in [-0.25, -0.2) is 4.79 Å². The van der Waals surface area contributed by atoms with Gasteiger partial charge in [0.2, 0.25) is 0 Å². The Kier molecular flexibility index (Phi) is 9.24. The maximum atomic E-state index is 13.3. The number of carbonyl (C=O) groups excluding carboxylic acids is 1. The minimum absolute atomic E-state index is 0.0000239. The van der Waals surface area contributed by atoms with Gasteiger partial charge in [0, 0.05) is 34.6 Å². The van der Waals surface area contributed by atoms with Gasteiger partial charge in [-0.2, -0.15) is 16.8 Å². The summed E-state index contributed by atoms with van der Waals surface area (Å²) in [7, 11) is -8.47. The number of rotatable bonds is 10. The Morgan fingerprint density at radius 3 is 1.23 bits per heavy atom. The Labute approximate surface area is 278 Å². The molecule has 0 radical (unpaired) electrons. The maximum Gasteiger partial charge on any atom is 0.339 e. The van der Waals surface area contributed by atoms with Crippen molar-refractivity contribution in [3.8, 4) is 33.8 Å². The van der Waals surface area contributed by atoms with Crippen molar-refractivity contribution in [1.29, 1.82) is 0 Å². The van der Waals surface area contributed by atoms with Crippen molar-refractivity contribution < 1.29 is 30.0 Å². The number of urea groups is 1. The summed E-state index contributed by atoms with van der Waals surface area (Å²) < 4.78 is 64.1. The average Bonchev–Trinajstić information content (AvgIpc) is 3.09. The first-order chi connectivity index (χ1) is 23.2. The quantitative estimate of drug-likeness (QED) is 0.140. The number of carbonyl (C=O) groups is 1. The SMILES string of the molecule is O=C(Nc1cccc(OS(=O)(=O)c2ccccc2-c2ccccc2)c1)Nc1cccc(OS(=O)(=O)c2ccccc2-c2ccccc2)c1. The highest BCUT2D eigenvalue weighted by molar-refractivity contribution is 7.87. The first-order valence-electron chi connectivity index (χ1n) is 14.6. The van der Waals surface area contributed by atoms with Crippen LogP contribution in [-0.4, -0.2) is 22.9 Å². The number of hydrogen-bond acceptors (Lipinski definition) is 7. The largest absolute Gasteiger partial charge is 0.379 e. The van der Waals surface area contributed by atoms with Crippen LogP contribution in [-0.2, 0) is 20.2 Å². The van der Waals surface area contributed by atoms with Crippen molar-refractivity contribution in [3.63, 3.8) is 0 Å². The van der Waals surface area contributed by atoms with E-state index in [4.69, 9.17) is 8.37 Å². The van der Waals surface area contributed by atoms with Crippen LogP contribution in [0.1, 0.15) is 0 Å². The standard InChI is InChI=1S/C37H28N2O7S2/c40-37(38-29-17-11-19-31(25-29)45-47(41,42)35-23-9-7-21-33(35)27-13-3-1-4-14-27)39-30-18-12-20-32(26-30)46-48(43,44)36-24-10-8-22-34(36)28-15-5-2-6-16-28/h1-26H,(H2,38,39,40). The van der Waals surface area contributed by atoms with Gasteiger partial charge in [-0.05, 0) is 47.5 Å². The molecule has 2 N–H and O–H groups in total. The summed E-state index contributed by atoms with van der Waals surface area (Å²) in [5.74, 6) is -0.0147. The Hall–Kier alpha value is -5.91. The van der Waals surface area contributed by atoms with Crippen LogP contribution in [0.2, 0.25) is 0 Å². The van der Waals surface area contributed by atoms with Crippen LogP contribution in [0.25, 0.3) is 22.3 Å². The molecule has 0 fully saturated rings. The Morgan fingerprint density at radius 1 is 0.438 bits per heavy atom. The van der Waals surface area contributed by atoms with Gasteiger partial charge in [0.1, 0.15) is 21.3 Å². The van der Waals surface area contributed by atoms with Crippen molar-refractivity contribution in [2.24, 2.45) is 0 Å². The summed E-state index contributed by atoms with van der Waals surface area (Å²) in [6.45, 7) is 0. The highest BCUT2D eigenvalue weighted by Crippen LogP contribution is 2.32. The van der Waals surface area contributed by atoms with Crippen molar-refractivity contribution in [1.82, 2.24) is 0 Å². The van der Waals surface area contributed by atoms with Crippen LogP contribution in [0.5, 0.6) is 11.5 Å². The average molecular weight is 677 g/mol. The van der Waals surface area contributed by atoms with Crippen molar-refractivity contribution in [2.45, 2.75) is 9.79 Å². The first-order valence-corrected chi connectivity index (χ1v) is 17.5. The van der Waals surface area contributed by atoms with Gasteiger partial charge in [0.15, 0.2) is 0 Å².